The van der Waals surface area contributed by atoms with E-state index in [9.17, 15) is 5.26 Å². The van der Waals surface area contributed by atoms with Gasteiger partial charge in [-0.1, -0.05) is 27.1 Å². The topological polar surface area (TPSA) is 77.5 Å². The Kier molecular flexibility index (Phi) is 3.05. The maximum absolute atomic E-state index is 9.19. The molecule has 2 rings (SSSR count). The molecule has 1 heterocycles. The molecular formula is C11H8BrN5. The van der Waals surface area contributed by atoms with E-state index in [4.69, 9.17) is 5.53 Å². The number of aryl methyl sites for hydroxylation is 1. The number of hydrogen-bond donors (Lipinski definition) is 0. The van der Waals surface area contributed by atoms with Crippen molar-refractivity contribution in [1.29, 1.82) is 5.26 Å². The molecule has 0 saturated carbocycles. The number of nitriles is 1. The molecule has 0 fully saturated rings. The molecule has 0 N–H and O–H groups in total. The third-order valence-corrected chi connectivity index (χ3v) is 3.17. The largest absolute Gasteiger partial charge is 0.346 e. The first-order chi connectivity index (χ1) is 8.19. The molecule has 0 bridgehead atoms. The number of hydrogen-bond acceptors (Lipinski definition) is 2. The lowest BCUT2D eigenvalue weighted by Crippen LogP contribution is -1.95. The van der Waals surface area contributed by atoms with Gasteiger partial charge in [0.2, 0.25) is 0 Å². The number of benzene rings is 1. The summed E-state index contributed by atoms with van der Waals surface area (Å²) in [5.41, 5.74) is 10.6. The van der Waals surface area contributed by atoms with Gasteiger partial charge in [-0.25, -0.2) is 0 Å². The van der Waals surface area contributed by atoms with Crippen LogP contribution in [0.25, 0.3) is 21.3 Å². The van der Waals surface area contributed by atoms with E-state index in [1.165, 1.54) is 0 Å². The number of aromatic nitrogens is 1. The highest BCUT2D eigenvalue weighted by Crippen LogP contribution is 2.27. The van der Waals surface area contributed by atoms with Gasteiger partial charge < -0.3 is 4.57 Å². The summed E-state index contributed by atoms with van der Waals surface area (Å²) in [7, 11) is 1.86. The molecule has 2 aromatic rings. The van der Waals surface area contributed by atoms with E-state index in [0.717, 1.165) is 21.1 Å². The number of nitrogens with zero attached hydrogens (tertiary/aromatic N) is 5. The zero-order valence-electron chi connectivity index (χ0n) is 9.05. The first-order valence-corrected chi connectivity index (χ1v) is 5.66. The molecule has 0 radical (unpaired) electrons. The van der Waals surface area contributed by atoms with Crippen LogP contribution in [-0.2, 0) is 13.6 Å². The third-order valence-electron chi connectivity index (χ3n) is 2.68. The van der Waals surface area contributed by atoms with E-state index in [2.05, 4.69) is 32.0 Å². The van der Waals surface area contributed by atoms with E-state index < -0.39 is 0 Å². The summed E-state index contributed by atoms with van der Waals surface area (Å²) < 4.78 is 2.83. The van der Waals surface area contributed by atoms with Gasteiger partial charge >= 0.3 is 0 Å². The molecule has 84 valence electrons. The standard InChI is InChI=1S/C11H8BrN5/c1-17-10-4-7(12)2-3-8(10)9(5-13)11(17)6-15-16-14/h2-4H,6H2,1H3. The average Bonchev–Trinajstić information content (AvgIpc) is 2.59. The average molecular weight is 290 g/mol. The number of azide groups is 1. The Morgan fingerprint density at radius 2 is 2.35 bits per heavy atom. The molecule has 1 aromatic heterocycles. The van der Waals surface area contributed by atoms with E-state index >= 15 is 0 Å². The fraction of sp³-hybridized carbons (Fsp3) is 0.182. The van der Waals surface area contributed by atoms with E-state index in [1.807, 2.05) is 29.8 Å². The van der Waals surface area contributed by atoms with Gasteiger partial charge in [-0.2, -0.15) is 5.26 Å². The van der Waals surface area contributed by atoms with Crippen molar-refractivity contribution in [3.8, 4) is 6.07 Å². The molecular weight excluding hydrogens is 282 g/mol. The summed E-state index contributed by atoms with van der Waals surface area (Å²) in [6.45, 7) is 0.183. The van der Waals surface area contributed by atoms with Gasteiger partial charge in [-0.05, 0) is 17.7 Å². The Morgan fingerprint density at radius 3 is 3.00 bits per heavy atom. The van der Waals surface area contributed by atoms with Gasteiger partial charge in [0.1, 0.15) is 6.07 Å². The minimum Gasteiger partial charge on any atom is -0.346 e. The van der Waals surface area contributed by atoms with Gasteiger partial charge in [-0.3, -0.25) is 0 Å². The molecule has 0 unspecified atom stereocenters. The Morgan fingerprint density at radius 1 is 1.59 bits per heavy atom. The van der Waals surface area contributed by atoms with Crippen LogP contribution in [0.4, 0.5) is 0 Å². The van der Waals surface area contributed by atoms with Gasteiger partial charge in [0, 0.05) is 27.5 Å². The van der Waals surface area contributed by atoms with Crippen LogP contribution in [0, 0.1) is 11.3 Å². The lowest BCUT2D eigenvalue weighted by atomic mass is 10.1. The summed E-state index contributed by atoms with van der Waals surface area (Å²) in [5, 5.41) is 13.6. The normalized spacial score (nSPS) is 9.94. The van der Waals surface area contributed by atoms with Crippen LogP contribution in [0.3, 0.4) is 0 Å². The van der Waals surface area contributed by atoms with Gasteiger partial charge in [0.25, 0.3) is 0 Å². The molecule has 0 amide bonds. The van der Waals surface area contributed by atoms with Gasteiger partial charge in [0.15, 0.2) is 0 Å². The van der Waals surface area contributed by atoms with Crippen molar-refractivity contribution in [3.05, 3.63) is 44.4 Å². The Labute approximate surface area is 106 Å². The van der Waals surface area contributed by atoms with Gasteiger partial charge in [0.05, 0.1) is 17.6 Å². The number of rotatable bonds is 2. The van der Waals surface area contributed by atoms with E-state index in [0.29, 0.717) is 5.56 Å². The van der Waals surface area contributed by atoms with Crippen LogP contribution in [0.2, 0.25) is 0 Å². The third kappa shape index (κ3) is 1.86. The van der Waals surface area contributed by atoms with Crippen LogP contribution in [-0.4, -0.2) is 4.57 Å². The molecule has 1 aromatic carbocycles. The maximum atomic E-state index is 9.19. The lowest BCUT2D eigenvalue weighted by Gasteiger charge is -2.00. The molecule has 17 heavy (non-hydrogen) atoms. The molecule has 0 spiro atoms. The molecule has 5 nitrogen and oxygen atoms in total. The van der Waals surface area contributed by atoms with Crippen LogP contribution in [0.5, 0.6) is 0 Å². The zero-order chi connectivity index (χ0) is 12.4. The van der Waals surface area contributed by atoms with Crippen molar-refractivity contribution in [2.45, 2.75) is 6.54 Å². The fourth-order valence-corrected chi connectivity index (χ4v) is 2.22. The van der Waals surface area contributed by atoms with Crippen LogP contribution in [0.15, 0.2) is 27.8 Å². The molecule has 0 aliphatic heterocycles. The highest BCUT2D eigenvalue weighted by Gasteiger charge is 2.14. The van der Waals surface area contributed by atoms with Crippen LogP contribution in [0.1, 0.15) is 11.3 Å². The first-order valence-electron chi connectivity index (χ1n) is 4.86. The second-order valence-corrected chi connectivity index (χ2v) is 4.46. The molecule has 0 aliphatic carbocycles. The Bertz CT molecular complexity index is 673. The van der Waals surface area contributed by atoms with Crippen LogP contribution >= 0.6 is 15.9 Å². The summed E-state index contributed by atoms with van der Waals surface area (Å²) in [5.74, 6) is 0. The second-order valence-electron chi connectivity index (χ2n) is 3.54. The zero-order valence-corrected chi connectivity index (χ0v) is 10.6. The Hall–Kier alpha value is -1.96. The lowest BCUT2D eigenvalue weighted by molar-refractivity contribution is 0.841. The van der Waals surface area contributed by atoms with Crippen molar-refractivity contribution in [2.24, 2.45) is 12.2 Å². The highest BCUT2D eigenvalue weighted by molar-refractivity contribution is 9.10. The smallest absolute Gasteiger partial charge is 0.102 e. The SMILES string of the molecule is Cn1c(CN=[N+]=[N-])c(C#N)c2ccc(Br)cc21. The van der Waals surface area contributed by atoms with Crippen molar-refractivity contribution in [2.75, 3.05) is 0 Å². The molecule has 0 atom stereocenters. The summed E-state index contributed by atoms with van der Waals surface area (Å²) in [6, 6.07) is 7.88. The summed E-state index contributed by atoms with van der Waals surface area (Å²) in [4.78, 5) is 2.73. The van der Waals surface area contributed by atoms with Crippen molar-refractivity contribution < 1.29 is 0 Å². The van der Waals surface area contributed by atoms with Crippen molar-refractivity contribution in [1.82, 2.24) is 4.57 Å². The molecule has 0 aliphatic rings. The minimum atomic E-state index is 0.183. The predicted octanol–water partition coefficient (Wildman–Crippen LogP) is 3.62. The van der Waals surface area contributed by atoms with Crippen LogP contribution < -0.4 is 0 Å². The van der Waals surface area contributed by atoms with Crippen molar-refractivity contribution in [3.63, 3.8) is 0 Å². The highest BCUT2D eigenvalue weighted by atomic mass is 79.9. The quantitative estimate of drug-likeness (QED) is 0.472. The maximum Gasteiger partial charge on any atom is 0.102 e. The number of fused-ring (bicyclic) bond motifs is 1. The number of halogens is 1. The predicted molar refractivity (Wildman–Crippen MR) is 68.2 cm³/mol. The first kappa shape index (κ1) is 11.5. The second kappa shape index (κ2) is 4.50. The monoisotopic (exact) mass is 289 g/mol. The molecule has 6 heteroatoms. The van der Waals surface area contributed by atoms with Gasteiger partial charge in [-0.15, -0.1) is 0 Å². The van der Waals surface area contributed by atoms with E-state index in [-0.39, 0.29) is 6.54 Å². The summed E-state index contributed by atoms with van der Waals surface area (Å²) in [6.07, 6.45) is 0. The minimum absolute atomic E-state index is 0.183. The van der Waals surface area contributed by atoms with Crippen molar-refractivity contribution >= 4 is 26.8 Å². The molecule has 0 saturated heterocycles. The summed E-state index contributed by atoms with van der Waals surface area (Å²) >= 11 is 3.40. The van der Waals surface area contributed by atoms with E-state index in [1.54, 1.807) is 0 Å². The Balaban J connectivity index is 2.79. The fourth-order valence-electron chi connectivity index (χ4n) is 1.87.